The van der Waals surface area contributed by atoms with Crippen LogP contribution in [0.5, 0.6) is 0 Å². The third-order valence-corrected chi connectivity index (χ3v) is 4.65. The molecule has 0 saturated carbocycles. The molecule has 7 heteroatoms. The van der Waals surface area contributed by atoms with Gasteiger partial charge in [-0.1, -0.05) is 18.6 Å². The van der Waals surface area contributed by atoms with Crippen molar-refractivity contribution in [1.29, 1.82) is 0 Å². The van der Waals surface area contributed by atoms with Crippen molar-refractivity contribution in [2.24, 2.45) is 4.99 Å². The van der Waals surface area contributed by atoms with Gasteiger partial charge in [0.25, 0.3) is 0 Å². The second-order valence-electron chi connectivity index (χ2n) is 6.58. The Kier molecular flexibility index (Phi) is 6.57. The highest BCUT2D eigenvalue weighted by atomic mass is 19.1. The zero-order valence-electron chi connectivity index (χ0n) is 15.3. The van der Waals surface area contributed by atoms with Gasteiger partial charge in [0.05, 0.1) is 0 Å². The number of benzene rings is 1. The highest BCUT2D eigenvalue weighted by Crippen LogP contribution is 2.15. The molecule has 0 unspecified atom stereocenters. The molecule has 2 heterocycles. The number of fused-ring (bicyclic) bond motifs is 1. The maximum absolute atomic E-state index is 12.9. The lowest BCUT2D eigenvalue weighted by Crippen LogP contribution is -2.37. The van der Waals surface area contributed by atoms with E-state index in [0.717, 1.165) is 55.5 Å². The van der Waals surface area contributed by atoms with Crippen molar-refractivity contribution in [3.63, 3.8) is 0 Å². The molecule has 1 aliphatic heterocycles. The van der Waals surface area contributed by atoms with Crippen molar-refractivity contribution in [2.75, 3.05) is 13.6 Å². The third-order valence-electron chi connectivity index (χ3n) is 4.65. The van der Waals surface area contributed by atoms with E-state index in [1.165, 1.54) is 31.4 Å². The minimum absolute atomic E-state index is 0.220. The smallest absolute Gasteiger partial charge is 0.191 e. The summed E-state index contributed by atoms with van der Waals surface area (Å²) in [6.45, 7) is 2.47. The minimum atomic E-state index is -0.220. The summed E-state index contributed by atoms with van der Waals surface area (Å²) in [5, 5.41) is 15.3. The molecular formula is C19H27FN6. The van der Waals surface area contributed by atoms with Crippen LogP contribution in [0.3, 0.4) is 0 Å². The van der Waals surface area contributed by atoms with E-state index >= 15 is 0 Å². The number of guanidine groups is 1. The van der Waals surface area contributed by atoms with Crippen LogP contribution < -0.4 is 10.6 Å². The largest absolute Gasteiger partial charge is 0.356 e. The summed E-state index contributed by atoms with van der Waals surface area (Å²) in [6.07, 6.45) is 6.64. The van der Waals surface area contributed by atoms with Crippen LogP contribution in [0.25, 0.3) is 0 Å². The number of hydrogen-bond donors (Lipinski definition) is 2. The predicted octanol–water partition coefficient (Wildman–Crippen LogP) is 2.44. The molecule has 0 amide bonds. The van der Waals surface area contributed by atoms with Crippen molar-refractivity contribution in [3.8, 4) is 0 Å². The predicted molar refractivity (Wildman–Crippen MR) is 100 cm³/mol. The monoisotopic (exact) mass is 358 g/mol. The average molecular weight is 358 g/mol. The Bertz CT molecular complexity index is 722. The molecular weight excluding hydrogens is 331 g/mol. The van der Waals surface area contributed by atoms with Gasteiger partial charge in [-0.2, -0.15) is 0 Å². The molecule has 0 spiro atoms. The van der Waals surface area contributed by atoms with Crippen molar-refractivity contribution in [3.05, 3.63) is 47.3 Å². The quantitative estimate of drug-likeness (QED) is 0.473. The van der Waals surface area contributed by atoms with Gasteiger partial charge in [-0.15, -0.1) is 10.2 Å². The van der Waals surface area contributed by atoms with E-state index in [-0.39, 0.29) is 5.82 Å². The Labute approximate surface area is 153 Å². The molecule has 0 radical (unpaired) electrons. The maximum Gasteiger partial charge on any atom is 0.191 e. The molecule has 2 N–H and O–H groups in total. The minimum Gasteiger partial charge on any atom is -0.356 e. The fourth-order valence-corrected chi connectivity index (χ4v) is 3.19. The van der Waals surface area contributed by atoms with Crippen LogP contribution in [-0.4, -0.2) is 34.3 Å². The summed E-state index contributed by atoms with van der Waals surface area (Å²) in [5.41, 5.74) is 1.01. The highest BCUT2D eigenvalue weighted by molar-refractivity contribution is 5.79. The number of nitrogens with zero attached hydrogens (tertiary/aromatic N) is 4. The summed E-state index contributed by atoms with van der Waals surface area (Å²) < 4.78 is 15.2. The van der Waals surface area contributed by atoms with Gasteiger partial charge in [-0.25, -0.2) is 4.39 Å². The van der Waals surface area contributed by atoms with Crippen LogP contribution in [0.1, 0.15) is 42.9 Å². The van der Waals surface area contributed by atoms with Gasteiger partial charge in [0.2, 0.25) is 0 Å². The fraction of sp³-hybridized carbons (Fsp3) is 0.526. The van der Waals surface area contributed by atoms with E-state index in [1.54, 1.807) is 19.2 Å². The van der Waals surface area contributed by atoms with Crippen LogP contribution in [-0.2, 0) is 25.9 Å². The van der Waals surface area contributed by atoms with Crippen LogP contribution in [0.15, 0.2) is 29.3 Å². The average Bonchev–Trinajstić information content (AvgIpc) is 2.88. The topological polar surface area (TPSA) is 67.1 Å². The first kappa shape index (κ1) is 18.4. The first-order valence-corrected chi connectivity index (χ1v) is 9.36. The van der Waals surface area contributed by atoms with E-state index < -0.39 is 0 Å². The second-order valence-corrected chi connectivity index (χ2v) is 6.58. The summed E-state index contributed by atoms with van der Waals surface area (Å²) >= 11 is 0. The molecule has 1 aromatic carbocycles. The number of rotatable bonds is 6. The summed E-state index contributed by atoms with van der Waals surface area (Å²) in [5.74, 6) is 2.76. The Hall–Kier alpha value is -2.44. The van der Waals surface area contributed by atoms with Crippen LogP contribution in [0.4, 0.5) is 4.39 Å². The number of hydrogen-bond acceptors (Lipinski definition) is 3. The summed E-state index contributed by atoms with van der Waals surface area (Å²) in [7, 11) is 1.75. The Morgan fingerprint density at radius 2 is 2.00 bits per heavy atom. The van der Waals surface area contributed by atoms with E-state index in [1.807, 2.05) is 0 Å². The molecule has 6 nitrogen and oxygen atoms in total. The fourth-order valence-electron chi connectivity index (χ4n) is 3.19. The molecule has 0 fully saturated rings. The van der Waals surface area contributed by atoms with E-state index in [2.05, 4.69) is 30.4 Å². The number of aromatic nitrogens is 3. The molecule has 0 atom stereocenters. The Morgan fingerprint density at radius 3 is 2.81 bits per heavy atom. The molecule has 1 aliphatic rings. The van der Waals surface area contributed by atoms with E-state index in [9.17, 15) is 4.39 Å². The lowest BCUT2D eigenvalue weighted by molar-refractivity contribution is 0.594. The molecule has 0 aliphatic carbocycles. The highest BCUT2D eigenvalue weighted by Gasteiger charge is 2.14. The van der Waals surface area contributed by atoms with Crippen molar-refractivity contribution < 1.29 is 4.39 Å². The first-order valence-electron chi connectivity index (χ1n) is 9.36. The Balaban J connectivity index is 1.41. The zero-order chi connectivity index (χ0) is 18.2. The Morgan fingerprint density at radius 1 is 1.15 bits per heavy atom. The number of aryl methyl sites for hydroxylation is 2. The van der Waals surface area contributed by atoms with Gasteiger partial charge in [0, 0.05) is 39.5 Å². The van der Waals surface area contributed by atoms with Crippen molar-refractivity contribution in [2.45, 2.75) is 51.6 Å². The summed E-state index contributed by atoms with van der Waals surface area (Å²) in [4.78, 5) is 4.23. The van der Waals surface area contributed by atoms with Crippen molar-refractivity contribution >= 4 is 5.96 Å². The second kappa shape index (κ2) is 9.31. The standard InChI is InChI=1S/C19H27FN6/c1-21-19(23-14-15-8-10-16(20)11-9-15)22-12-5-7-18-25-24-17-6-3-2-4-13-26(17)18/h8-11H,2-7,12-14H2,1H3,(H2,21,22,23). The normalized spacial score (nSPS) is 14.6. The lowest BCUT2D eigenvalue weighted by Gasteiger charge is -2.12. The molecule has 3 rings (SSSR count). The van der Waals surface area contributed by atoms with E-state index in [0.29, 0.717) is 6.54 Å². The molecule has 140 valence electrons. The van der Waals surface area contributed by atoms with Crippen LogP contribution >= 0.6 is 0 Å². The number of aliphatic imine (C=N–C) groups is 1. The number of halogens is 1. The summed E-state index contributed by atoms with van der Waals surface area (Å²) in [6, 6.07) is 6.47. The molecule has 26 heavy (non-hydrogen) atoms. The van der Waals surface area contributed by atoms with Crippen molar-refractivity contribution in [1.82, 2.24) is 25.4 Å². The SMILES string of the molecule is CN=C(NCCCc1nnc2n1CCCCC2)NCc1ccc(F)cc1. The van der Waals surface area contributed by atoms with Gasteiger partial charge >= 0.3 is 0 Å². The van der Waals surface area contributed by atoms with Crippen LogP contribution in [0, 0.1) is 5.82 Å². The number of nitrogens with one attached hydrogen (secondary N) is 2. The van der Waals surface area contributed by atoms with Gasteiger partial charge < -0.3 is 15.2 Å². The lowest BCUT2D eigenvalue weighted by atomic mass is 10.2. The zero-order valence-corrected chi connectivity index (χ0v) is 15.3. The molecule has 1 aromatic heterocycles. The maximum atomic E-state index is 12.9. The first-order chi connectivity index (χ1) is 12.8. The third kappa shape index (κ3) is 5.03. The van der Waals surface area contributed by atoms with Gasteiger partial charge in [-0.3, -0.25) is 4.99 Å². The molecule has 0 bridgehead atoms. The molecule has 0 saturated heterocycles. The van der Waals surface area contributed by atoms with E-state index in [4.69, 9.17) is 0 Å². The van der Waals surface area contributed by atoms with Gasteiger partial charge in [0.15, 0.2) is 5.96 Å². The van der Waals surface area contributed by atoms with Gasteiger partial charge in [-0.05, 0) is 37.0 Å². The van der Waals surface area contributed by atoms with Crippen LogP contribution in [0.2, 0.25) is 0 Å². The van der Waals surface area contributed by atoms with Gasteiger partial charge in [0.1, 0.15) is 17.5 Å². The molecule has 2 aromatic rings.